The van der Waals surface area contributed by atoms with E-state index in [1.165, 1.54) is 0 Å². The van der Waals surface area contributed by atoms with Crippen LogP contribution in [-0.2, 0) is 4.74 Å². The number of ether oxygens (including phenoxy) is 1. The second kappa shape index (κ2) is 5.13. The number of esters is 1. The predicted molar refractivity (Wildman–Crippen MR) is 66.2 cm³/mol. The van der Waals surface area contributed by atoms with Crippen LogP contribution in [0.1, 0.15) is 48.4 Å². The molecule has 0 bridgehead atoms. The van der Waals surface area contributed by atoms with Gasteiger partial charge in [0.05, 0.1) is 5.56 Å². The van der Waals surface area contributed by atoms with E-state index in [0.29, 0.717) is 11.1 Å². The summed E-state index contributed by atoms with van der Waals surface area (Å²) in [4.78, 5) is 22.3. The van der Waals surface area contributed by atoms with E-state index in [0.717, 1.165) is 6.29 Å². The van der Waals surface area contributed by atoms with Crippen LogP contribution in [0.3, 0.4) is 0 Å². The van der Waals surface area contributed by atoms with E-state index < -0.39 is 0 Å². The fourth-order valence-electron chi connectivity index (χ4n) is 1.10. The van der Waals surface area contributed by atoms with E-state index in [-0.39, 0.29) is 17.5 Å². The summed E-state index contributed by atoms with van der Waals surface area (Å²) >= 11 is 0. The minimum absolute atomic E-state index is 0.0849. The van der Waals surface area contributed by atoms with Gasteiger partial charge >= 0.3 is 5.97 Å². The molecule has 0 aliphatic carbocycles. The van der Waals surface area contributed by atoms with Gasteiger partial charge in [-0.1, -0.05) is 32.9 Å². The second-order valence-electron chi connectivity index (χ2n) is 5.15. The Morgan fingerprint density at radius 3 is 2.18 bits per heavy atom. The largest absolute Gasteiger partial charge is 0.459 e. The van der Waals surface area contributed by atoms with Crippen LogP contribution in [0.25, 0.3) is 0 Å². The Morgan fingerprint density at radius 1 is 1.24 bits per heavy atom. The molecule has 0 fully saturated rings. The highest BCUT2D eigenvalue weighted by Gasteiger charge is 2.24. The zero-order chi connectivity index (χ0) is 13.1. The number of aldehydes is 1. The zero-order valence-corrected chi connectivity index (χ0v) is 10.7. The summed E-state index contributed by atoms with van der Waals surface area (Å²) in [7, 11) is 0. The molecule has 0 saturated heterocycles. The van der Waals surface area contributed by atoms with Crippen LogP contribution in [0, 0.1) is 5.41 Å². The monoisotopic (exact) mass is 234 g/mol. The molecule has 1 unspecified atom stereocenters. The maximum absolute atomic E-state index is 11.8. The third-order valence-electron chi connectivity index (χ3n) is 2.79. The number of benzene rings is 1. The van der Waals surface area contributed by atoms with Crippen molar-refractivity contribution in [2.45, 2.75) is 33.8 Å². The van der Waals surface area contributed by atoms with Gasteiger partial charge in [0, 0.05) is 5.56 Å². The summed E-state index contributed by atoms with van der Waals surface area (Å²) in [5.74, 6) is -0.357. The molecule has 92 valence electrons. The van der Waals surface area contributed by atoms with Crippen LogP contribution in [0.5, 0.6) is 0 Å². The van der Waals surface area contributed by atoms with Crippen molar-refractivity contribution < 1.29 is 14.3 Å². The van der Waals surface area contributed by atoms with Crippen molar-refractivity contribution in [2.75, 3.05) is 0 Å². The number of carbonyl (C=O) groups is 2. The third-order valence-corrected chi connectivity index (χ3v) is 2.79. The van der Waals surface area contributed by atoms with Crippen molar-refractivity contribution in [2.24, 2.45) is 5.41 Å². The van der Waals surface area contributed by atoms with Crippen molar-refractivity contribution in [3.05, 3.63) is 35.4 Å². The quantitative estimate of drug-likeness (QED) is 0.596. The molecule has 0 aliphatic heterocycles. The lowest BCUT2D eigenvalue weighted by atomic mass is 9.90. The predicted octanol–water partition coefficient (Wildman–Crippen LogP) is 3.09. The number of rotatable bonds is 3. The number of hydrogen-bond acceptors (Lipinski definition) is 3. The number of hydrogen-bond donors (Lipinski definition) is 0. The van der Waals surface area contributed by atoms with Crippen LogP contribution in [0.15, 0.2) is 24.3 Å². The Bertz CT molecular complexity index is 398. The molecular weight excluding hydrogens is 216 g/mol. The number of carbonyl (C=O) groups excluding carboxylic acids is 2. The molecule has 1 rings (SSSR count). The molecule has 17 heavy (non-hydrogen) atoms. The second-order valence-corrected chi connectivity index (χ2v) is 5.15. The lowest BCUT2D eigenvalue weighted by molar-refractivity contribution is 0.00479. The molecule has 0 heterocycles. The molecule has 0 aromatic heterocycles. The highest BCUT2D eigenvalue weighted by molar-refractivity contribution is 5.90. The van der Waals surface area contributed by atoms with Gasteiger partial charge in [-0.3, -0.25) is 4.79 Å². The molecule has 0 saturated carbocycles. The summed E-state index contributed by atoms with van der Waals surface area (Å²) in [5.41, 5.74) is 0.926. The molecule has 0 N–H and O–H groups in total. The first kappa shape index (κ1) is 13.4. The molecule has 0 spiro atoms. The summed E-state index contributed by atoms with van der Waals surface area (Å²) < 4.78 is 5.35. The average molecular weight is 234 g/mol. The SMILES string of the molecule is CC(OC(=O)c1ccc(C=O)cc1)C(C)(C)C. The Balaban J connectivity index is 2.73. The lowest BCUT2D eigenvalue weighted by Crippen LogP contribution is -2.28. The Hall–Kier alpha value is -1.64. The van der Waals surface area contributed by atoms with E-state index in [4.69, 9.17) is 4.74 Å². The molecule has 1 aromatic carbocycles. The highest BCUT2D eigenvalue weighted by Crippen LogP contribution is 2.22. The third kappa shape index (κ3) is 3.70. The highest BCUT2D eigenvalue weighted by atomic mass is 16.5. The Kier molecular flexibility index (Phi) is 4.05. The van der Waals surface area contributed by atoms with Crippen LogP contribution in [0.2, 0.25) is 0 Å². The average Bonchev–Trinajstić information content (AvgIpc) is 2.27. The van der Waals surface area contributed by atoms with Gasteiger partial charge in [-0.05, 0) is 24.5 Å². The van der Waals surface area contributed by atoms with Gasteiger partial charge in [-0.25, -0.2) is 4.79 Å². The summed E-state index contributed by atoms with van der Waals surface area (Å²) in [6.07, 6.45) is 0.577. The van der Waals surface area contributed by atoms with E-state index >= 15 is 0 Å². The lowest BCUT2D eigenvalue weighted by Gasteiger charge is -2.26. The maximum atomic E-state index is 11.8. The fraction of sp³-hybridized carbons (Fsp3) is 0.429. The minimum Gasteiger partial charge on any atom is -0.459 e. The van der Waals surface area contributed by atoms with Gasteiger partial charge in [0.15, 0.2) is 0 Å². The van der Waals surface area contributed by atoms with Crippen LogP contribution < -0.4 is 0 Å². The van der Waals surface area contributed by atoms with E-state index in [2.05, 4.69) is 0 Å². The van der Waals surface area contributed by atoms with Gasteiger partial charge in [0.25, 0.3) is 0 Å². The van der Waals surface area contributed by atoms with Crippen molar-refractivity contribution >= 4 is 12.3 Å². The van der Waals surface area contributed by atoms with Gasteiger partial charge < -0.3 is 4.74 Å². The molecule has 1 atom stereocenters. The van der Waals surface area contributed by atoms with E-state index in [9.17, 15) is 9.59 Å². The maximum Gasteiger partial charge on any atom is 0.338 e. The minimum atomic E-state index is -0.357. The summed E-state index contributed by atoms with van der Waals surface area (Å²) in [5, 5.41) is 0. The molecule has 0 amide bonds. The van der Waals surface area contributed by atoms with Crippen molar-refractivity contribution in [3.63, 3.8) is 0 Å². The molecular formula is C14H18O3. The van der Waals surface area contributed by atoms with E-state index in [1.807, 2.05) is 27.7 Å². The normalized spacial score (nSPS) is 12.9. The van der Waals surface area contributed by atoms with Gasteiger partial charge in [0.2, 0.25) is 0 Å². The van der Waals surface area contributed by atoms with Gasteiger partial charge in [0.1, 0.15) is 12.4 Å². The molecule has 0 radical (unpaired) electrons. The van der Waals surface area contributed by atoms with Crippen LogP contribution in [-0.4, -0.2) is 18.4 Å². The Morgan fingerprint density at radius 2 is 1.76 bits per heavy atom. The standard InChI is InChI=1S/C14H18O3/c1-10(14(2,3)4)17-13(16)12-7-5-11(9-15)6-8-12/h5-10H,1-4H3. The van der Waals surface area contributed by atoms with Crippen molar-refractivity contribution in [1.29, 1.82) is 0 Å². The van der Waals surface area contributed by atoms with Gasteiger partial charge in [-0.15, -0.1) is 0 Å². The summed E-state index contributed by atoms with van der Waals surface area (Å²) in [6.45, 7) is 7.92. The first-order valence-electron chi connectivity index (χ1n) is 5.61. The van der Waals surface area contributed by atoms with Crippen molar-refractivity contribution in [3.8, 4) is 0 Å². The Labute approximate surface area is 102 Å². The van der Waals surface area contributed by atoms with Crippen molar-refractivity contribution in [1.82, 2.24) is 0 Å². The topological polar surface area (TPSA) is 43.4 Å². The molecule has 1 aromatic rings. The first-order valence-corrected chi connectivity index (χ1v) is 5.61. The smallest absolute Gasteiger partial charge is 0.338 e. The van der Waals surface area contributed by atoms with Gasteiger partial charge in [-0.2, -0.15) is 0 Å². The molecule has 3 nitrogen and oxygen atoms in total. The fourth-order valence-corrected chi connectivity index (χ4v) is 1.10. The molecule has 3 heteroatoms. The first-order chi connectivity index (χ1) is 7.84. The molecule has 0 aliphatic rings. The summed E-state index contributed by atoms with van der Waals surface area (Å²) in [6, 6.07) is 6.40. The van der Waals surface area contributed by atoms with Crippen LogP contribution in [0.4, 0.5) is 0 Å². The zero-order valence-electron chi connectivity index (χ0n) is 10.7. The van der Waals surface area contributed by atoms with E-state index in [1.54, 1.807) is 24.3 Å². The van der Waals surface area contributed by atoms with Crippen LogP contribution >= 0.6 is 0 Å².